The molecule has 1 aliphatic carbocycles. The average Bonchev–Trinajstić information content (AvgIpc) is 2.67. The van der Waals surface area contributed by atoms with E-state index in [1.807, 2.05) is 0 Å². The maximum absolute atomic E-state index is 3.93. The van der Waals surface area contributed by atoms with Crippen LogP contribution in [0.1, 0.15) is 65.7 Å². The van der Waals surface area contributed by atoms with E-state index < -0.39 is 0 Å². The Morgan fingerprint density at radius 3 is 2.38 bits per heavy atom. The fourth-order valence-electron chi connectivity index (χ4n) is 2.84. The van der Waals surface area contributed by atoms with Crippen LogP contribution in [0.15, 0.2) is 0 Å². The molecule has 0 bridgehead atoms. The molecule has 1 nitrogen and oxygen atoms in total. The molecule has 0 aromatic rings. The van der Waals surface area contributed by atoms with Gasteiger partial charge in [0.2, 0.25) is 0 Å². The molecule has 1 saturated carbocycles. The molecule has 0 aromatic heterocycles. The minimum absolute atomic E-state index is 0.776. The van der Waals surface area contributed by atoms with Crippen LogP contribution in [-0.4, -0.2) is 23.1 Å². The van der Waals surface area contributed by atoms with E-state index >= 15 is 0 Å². The van der Waals surface area contributed by atoms with Crippen molar-refractivity contribution in [1.82, 2.24) is 5.32 Å². The zero-order valence-electron chi connectivity index (χ0n) is 11.3. The molecule has 2 heteroatoms. The first-order valence-electron chi connectivity index (χ1n) is 7.19. The Morgan fingerprint density at radius 1 is 1.12 bits per heavy atom. The van der Waals surface area contributed by atoms with Gasteiger partial charge < -0.3 is 5.32 Å². The van der Waals surface area contributed by atoms with Crippen LogP contribution in [0.2, 0.25) is 0 Å². The lowest BCUT2D eigenvalue weighted by atomic mass is 10.1. The second-order valence-corrected chi connectivity index (χ2v) is 6.49. The summed E-state index contributed by atoms with van der Waals surface area (Å²) in [6.07, 6.45) is 9.61. The lowest BCUT2D eigenvalue weighted by Gasteiger charge is -2.26. The summed E-state index contributed by atoms with van der Waals surface area (Å²) in [4.78, 5) is 0. The van der Waals surface area contributed by atoms with Crippen molar-refractivity contribution >= 4 is 11.8 Å². The quantitative estimate of drug-likeness (QED) is 0.685. The summed E-state index contributed by atoms with van der Waals surface area (Å²) in [7, 11) is 0. The maximum atomic E-state index is 3.93. The predicted molar refractivity (Wildman–Crippen MR) is 76.3 cm³/mol. The van der Waals surface area contributed by atoms with E-state index in [2.05, 4.69) is 37.8 Å². The van der Waals surface area contributed by atoms with Crippen LogP contribution in [0.5, 0.6) is 0 Å². The van der Waals surface area contributed by atoms with E-state index in [4.69, 9.17) is 0 Å². The van der Waals surface area contributed by atoms with E-state index in [-0.39, 0.29) is 0 Å². The lowest BCUT2D eigenvalue weighted by Crippen LogP contribution is -2.41. The maximum Gasteiger partial charge on any atom is 0.0201 e. The first-order chi connectivity index (χ1) is 7.81. The first kappa shape index (κ1) is 14.4. The number of hydrogen-bond donors (Lipinski definition) is 1. The molecule has 0 aromatic carbocycles. The SMILES string of the molecule is CCCC(CCC)NC1CCCC1SCC. The highest BCUT2D eigenvalue weighted by Crippen LogP contribution is 2.30. The lowest BCUT2D eigenvalue weighted by molar-refractivity contribution is 0.389. The van der Waals surface area contributed by atoms with Crippen molar-refractivity contribution in [3.8, 4) is 0 Å². The fourth-order valence-corrected chi connectivity index (χ4v) is 4.05. The van der Waals surface area contributed by atoms with Gasteiger partial charge in [-0.3, -0.25) is 0 Å². The van der Waals surface area contributed by atoms with Crippen LogP contribution in [0.25, 0.3) is 0 Å². The summed E-state index contributed by atoms with van der Waals surface area (Å²) in [6, 6.07) is 1.58. The Balaban J connectivity index is 2.36. The third-order valence-corrected chi connectivity index (χ3v) is 4.88. The van der Waals surface area contributed by atoms with Gasteiger partial charge in [-0.2, -0.15) is 11.8 Å². The molecule has 1 rings (SSSR count). The van der Waals surface area contributed by atoms with Crippen molar-refractivity contribution in [3.63, 3.8) is 0 Å². The van der Waals surface area contributed by atoms with Crippen LogP contribution in [-0.2, 0) is 0 Å². The second-order valence-electron chi connectivity index (χ2n) is 4.97. The first-order valence-corrected chi connectivity index (χ1v) is 8.24. The summed E-state index contributed by atoms with van der Waals surface area (Å²) in [6.45, 7) is 6.89. The molecule has 2 atom stereocenters. The van der Waals surface area contributed by atoms with Gasteiger partial charge in [0, 0.05) is 17.3 Å². The predicted octanol–water partition coefficient (Wildman–Crippen LogP) is 4.22. The molecule has 2 unspecified atom stereocenters. The van der Waals surface area contributed by atoms with E-state index in [1.165, 1.54) is 50.7 Å². The van der Waals surface area contributed by atoms with Crippen LogP contribution in [0, 0.1) is 0 Å². The molecular formula is C14H29NS. The van der Waals surface area contributed by atoms with Gasteiger partial charge in [-0.1, -0.05) is 40.0 Å². The highest BCUT2D eigenvalue weighted by atomic mass is 32.2. The van der Waals surface area contributed by atoms with Gasteiger partial charge in [0.1, 0.15) is 0 Å². The van der Waals surface area contributed by atoms with Crippen molar-refractivity contribution < 1.29 is 0 Å². The van der Waals surface area contributed by atoms with Gasteiger partial charge in [-0.05, 0) is 31.4 Å². The Morgan fingerprint density at radius 2 is 1.81 bits per heavy atom. The van der Waals surface area contributed by atoms with Crippen molar-refractivity contribution in [3.05, 3.63) is 0 Å². The zero-order valence-corrected chi connectivity index (χ0v) is 12.1. The molecule has 1 aliphatic rings. The standard InChI is InChI=1S/C14H29NS/c1-4-8-12(9-5-2)15-13-10-7-11-14(13)16-6-3/h12-15H,4-11H2,1-3H3. The Kier molecular flexibility index (Phi) is 7.55. The molecule has 0 aliphatic heterocycles. The van der Waals surface area contributed by atoms with Crippen LogP contribution >= 0.6 is 11.8 Å². The molecule has 16 heavy (non-hydrogen) atoms. The van der Waals surface area contributed by atoms with Crippen LogP contribution in [0.3, 0.4) is 0 Å². The Labute approximate surface area is 106 Å². The van der Waals surface area contributed by atoms with Gasteiger partial charge in [0.25, 0.3) is 0 Å². The number of thioether (sulfide) groups is 1. The largest absolute Gasteiger partial charge is 0.310 e. The molecule has 0 spiro atoms. The molecular weight excluding hydrogens is 214 g/mol. The van der Waals surface area contributed by atoms with E-state index in [9.17, 15) is 0 Å². The Hall–Kier alpha value is 0.310. The summed E-state index contributed by atoms with van der Waals surface area (Å²) in [5.41, 5.74) is 0. The highest BCUT2D eigenvalue weighted by Gasteiger charge is 2.28. The van der Waals surface area contributed by atoms with Crippen molar-refractivity contribution in [2.24, 2.45) is 0 Å². The fraction of sp³-hybridized carbons (Fsp3) is 1.00. The van der Waals surface area contributed by atoms with Crippen molar-refractivity contribution in [2.45, 2.75) is 83.1 Å². The minimum atomic E-state index is 0.776. The van der Waals surface area contributed by atoms with Crippen LogP contribution < -0.4 is 5.32 Å². The van der Waals surface area contributed by atoms with Crippen molar-refractivity contribution in [1.29, 1.82) is 0 Å². The second kappa shape index (κ2) is 8.41. The number of nitrogens with one attached hydrogen (secondary N) is 1. The minimum Gasteiger partial charge on any atom is -0.310 e. The molecule has 1 N–H and O–H groups in total. The zero-order chi connectivity index (χ0) is 11.8. The van der Waals surface area contributed by atoms with Gasteiger partial charge in [-0.25, -0.2) is 0 Å². The summed E-state index contributed by atoms with van der Waals surface area (Å²) < 4.78 is 0. The van der Waals surface area contributed by atoms with Crippen molar-refractivity contribution in [2.75, 3.05) is 5.75 Å². The molecule has 0 radical (unpaired) electrons. The highest BCUT2D eigenvalue weighted by molar-refractivity contribution is 7.99. The average molecular weight is 243 g/mol. The van der Waals surface area contributed by atoms with E-state index in [0.29, 0.717) is 0 Å². The molecule has 1 fully saturated rings. The Bertz CT molecular complexity index is 166. The van der Waals surface area contributed by atoms with Gasteiger partial charge in [0.15, 0.2) is 0 Å². The van der Waals surface area contributed by atoms with Gasteiger partial charge in [0.05, 0.1) is 0 Å². The smallest absolute Gasteiger partial charge is 0.0201 e. The molecule has 0 amide bonds. The summed E-state index contributed by atoms with van der Waals surface area (Å²) in [5, 5.41) is 4.82. The van der Waals surface area contributed by atoms with Crippen LogP contribution in [0.4, 0.5) is 0 Å². The van der Waals surface area contributed by atoms with E-state index in [1.54, 1.807) is 0 Å². The topological polar surface area (TPSA) is 12.0 Å². The molecule has 0 saturated heterocycles. The third kappa shape index (κ3) is 4.67. The van der Waals surface area contributed by atoms with E-state index in [0.717, 1.165) is 17.3 Å². The molecule has 96 valence electrons. The number of hydrogen-bond acceptors (Lipinski definition) is 2. The number of rotatable bonds is 8. The summed E-state index contributed by atoms with van der Waals surface area (Å²) >= 11 is 2.16. The van der Waals surface area contributed by atoms with Gasteiger partial charge in [-0.15, -0.1) is 0 Å². The summed E-state index contributed by atoms with van der Waals surface area (Å²) in [5.74, 6) is 1.27. The molecule has 0 heterocycles. The monoisotopic (exact) mass is 243 g/mol. The van der Waals surface area contributed by atoms with Gasteiger partial charge >= 0.3 is 0 Å². The third-order valence-electron chi connectivity index (χ3n) is 3.56. The normalized spacial score (nSPS) is 25.5.